The van der Waals surface area contributed by atoms with Crippen molar-refractivity contribution in [3.8, 4) is 0 Å². The molecule has 1 heterocycles. The predicted molar refractivity (Wildman–Crippen MR) is 72.6 cm³/mol. The van der Waals surface area contributed by atoms with E-state index in [1.807, 2.05) is 42.5 Å². The van der Waals surface area contributed by atoms with Crippen LogP contribution in [0.5, 0.6) is 0 Å². The monoisotopic (exact) mass is 283 g/mol. The van der Waals surface area contributed by atoms with Crippen molar-refractivity contribution in [3.63, 3.8) is 0 Å². The first-order valence-corrected chi connectivity index (χ1v) is 6.16. The molecule has 1 aliphatic heterocycles. The summed E-state index contributed by atoms with van der Waals surface area (Å²) in [7, 11) is 0.130. The van der Waals surface area contributed by atoms with Gasteiger partial charge in [-0.15, -0.1) is 0 Å². The second kappa shape index (κ2) is 8.33. The Hall–Kier alpha value is -0.796. The molecule has 0 saturated carbocycles. The van der Waals surface area contributed by atoms with E-state index < -0.39 is 0 Å². The van der Waals surface area contributed by atoms with Gasteiger partial charge in [0.05, 0.1) is 0 Å². The molecule has 4 heteroatoms. The van der Waals surface area contributed by atoms with Crippen LogP contribution in [0.4, 0.5) is 0 Å². The molecule has 2 aromatic rings. The van der Waals surface area contributed by atoms with Gasteiger partial charge in [-0.1, -0.05) is 6.92 Å². The normalized spacial score (nSPS) is 17.8. The molecule has 98 valence electrons. The fourth-order valence-corrected chi connectivity index (χ4v) is 1.84. The van der Waals surface area contributed by atoms with Gasteiger partial charge in [0, 0.05) is 29.7 Å². The van der Waals surface area contributed by atoms with Crippen molar-refractivity contribution < 1.29 is 21.7 Å². The zero-order valence-electron chi connectivity index (χ0n) is 10.5. The van der Waals surface area contributed by atoms with Crippen molar-refractivity contribution in [2.75, 3.05) is 6.61 Å². The van der Waals surface area contributed by atoms with Gasteiger partial charge in [-0.05, 0) is 6.42 Å². The van der Waals surface area contributed by atoms with Crippen molar-refractivity contribution in [1.29, 1.82) is 0 Å². The van der Waals surface area contributed by atoms with Crippen LogP contribution < -0.4 is 10.7 Å². The zero-order chi connectivity index (χ0) is 11.9. The molecular weight excluding hydrogens is 265 g/mol. The summed E-state index contributed by atoms with van der Waals surface area (Å²) in [5, 5.41) is 3.42. The average Bonchev–Trinajstić information content (AvgIpc) is 3.12. The fourth-order valence-electron chi connectivity index (χ4n) is 1.84. The maximum absolute atomic E-state index is 5.59. The summed E-state index contributed by atoms with van der Waals surface area (Å²) in [5.41, 5.74) is 1.24. The summed E-state index contributed by atoms with van der Waals surface area (Å²) in [5.74, 6) is 0. The standard InChI is InChI=1S/C9H13BNO.C5H5.Fe/c1-2-9-7-12-10(11-9)8-5-3-4-6-8;1-2-4-5-3-1;/h3-6,9,11H,2,7H2,1H3;1-5H;/q2*-1;. The third-order valence-corrected chi connectivity index (χ3v) is 2.89. The first kappa shape index (κ1) is 15.3. The minimum atomic E-state index is 0. The van der Waals surface area contributed by atoms with Crippen LogP contribution in [0.3, 0.4) is 0 Å². The van der Waals surface area contributed by atoms with E-state index in [1.165, 1.54) is 5.46 Å². The van der Waals surface area contributed by atoms with Gasteiger partial charge in [0.15, 0.2) is 0 Å². The van der Waals surface area contributed by atoms with Crippen LogP contribution in [-0.2, 0) is 21.7 Å². The molecule has 18 heavy (non-hydrogen) atoms. The van der Waals surface area contributed by atoms with Gasteiger partial charge in [-0.25, -0.2) is 18.2 Å². The van der Waals surface area contributed by atoms with E-state index in [0.29, 0.717) is 6.04 Å². The molecular formula is C14H18BFeNO-2. The number of nitrogens with one attached hydrogen (secondary N) is 1. The molecule has 1 unspecified atom stereocenters. The molecule has 1 saturated heterocycles. The molecule has 0 aromatic heterocycles. The van der Waals surface area contributed by atoms with Crippen LogP contribution in [0.15, 0.2) is 54.6 Å². The summed E-state index contributed by atoms with van der Waals surface area (Å²) >= 11 is 0. The molecule has 0 spiro atoms. The van der Waals surface area contributed by atoms with Gasteiger partial charge < -0.3 is 9.88 Å². The third-order valence-electron chi connectivity index (χ3n) is 2.89. The van der Waals surface area contributed by atoms with E-state index in [1.54, 1.807) is 0 Å². The number of hydrogen-bond acceptors (Lipinski definition) is 2. The maximum atomic E-state index is 5.59. The van der Waals surface area contributed by atoms with Crippen molar-refractivity contribution in [2.45, 2.75) is 19.4 Å². The van der Waals surface area contributed by atoms with E-state index in [2.05, 4.69) is 24.3 Å². The molecule has 1 fully saturated rings. The number of rotatable bonds is 2. The van der Waals surface area contributed by atoms with Gasteiger partial charge >= 0.3 is 7.05 Å². The smallest absolute Gasteiger partial charge is 0.330 e. The topological polar surface area (TPSA) is 21.3 Å². The zero-order valence-corrected chi connectivity index (χ0v) is 11.6. The molecule has 1 aliphatic rings. The molecule has 3 rings (SSSR count). The van der Waals surface area contributed by atoms with Crippen molar-refractivity contribution in [3.05, 3.63) is 54.6 Å². The van der Waals surface area contributed by atoms with Gasteiger partial charge in [0.2, 0.25) is 0 Å². The van der Waals surface area contributed by atoms with Crippen LogP contribution in [-0.4, -0.2) is 19.7 Å². The fraction of sp³-hybridized carbons (Fsp3) is 0.286. The first-order chi connectivity index (χ1) is 8.40. The van der Waals surface area contributed by atoms with E-state index >= 15 is 0 Å². The van der Waals surface area contributed by atoms with Gasteiger partial charge in [-0.3, -0.25) is 0 Å². The summed E-state index contributed by atoms with van der Waals surface area (Å²) < 4.78 is 5.59. The Morgan fingerprint density at radius 1 is 1.33 bits per heavy atom. The van der Waals surface area contributed by atoms with Crippen molar-refractivity contribution >= 4 is 12.5 Å². The second-order valence-electron chi connectivity index (χ2n) is 4.17. The maximum Gasteiger partial charge on any atom is 0.330 e. The van der Waals surface area contributed by atoms with Gasteiger partial charge in [-0.2, -0.15) is 41.9 Å². The molecule has 2 aromatic carbocycles. The summed E-state index contributed by atoms with van der Waals surface area (Å²) in [6, 6.07) is 18.8. The molecule has 1 N–H and O–H groups in total. The molecule has 2 nitrogen and oxygen atoms in total. The third kappa shape index (κ3) is 4.47. The van der Waals surface area contributed by atoms with Crippen molar-refractivity contribution in [1.82, 2.24) is 5.23 Å². The molecule has 0 bridgehead atoms. The average molecular weight is 283 g/mol. The molecule has 0 aliphatic carbocycles. The summed E-state index contributed by atoms with van der Waals surface area (Å²) in [6.07, 6.45) is 1.14. The van der Waals surface area contributed by atoms with E-state index in [9.17, 15) is 0 Å². The number of hydrogen-bond donors (Lipinski definition) is 1. The van der Waals surface area contributed by atoms with Crippen molar-refractivity contribution in [2.24, 2.45) is 0 Å². The van der Waals surface area contributed by atoms with Crippen LogP contribution in [0, 0.1) is 0 Å². The summed E-state index contributed by atoms with van der Waals surface area (Å²) in [4.78, 5) is 0. The van der Waals surface area contributed by atoms with E-state index in [4.69, 9.17) is 4.65 Å². The minimum Gasteiger partial charge on any atom is -0.427 e. The minimum absolute atomic E-state index is 0. The molecule has 0 amide bonds. The van der Waals surface area contributed by atoms with Crippen LogP contribution in [0.25, 0.3) is 0 Å². The Morgan fingerprint density at radius 2 is 2.11 bits per heavy atom. The summed E-state index contributed by atoms with van der Waals surface area (Å²) in [6.45, 7) is 3.01. The second-order valence-corrected chi connectivity index (χ2v) is 4.17. The first-order valence-electron chi connectivity index (χ1n) is 6.16. The van der Waals surface area contributed by atoms with Crippen LogP contribution in [0.2, 0.25) is 0 Å². The SMILES string of the molecule is CCC1COB(c2cc[cH-]c2)N1.[Fe].c1cc[cH-]c1. The molecule has 1 atom stereocenters. The Bertz CT molecular complexity index is 371. The van der Waals surface area contributed by atoms with Crippen LogP contribution in [0.1, 0.15) is 13.3 Å². The van der Waals surface area contributed by atoms with Gasteiger partial charge in [0.1, 0.15) is 0 Å². The quantitative estimate of drug-likeness (QED) is 0.671. The Kier molecular flexibility index (Phi) is 7.06. The largest absolute Gasteiger partial charge is 0.427 e. The van der Waals surface area contributed by atoms with Crippen LogP contribution >= 0.6 is 0 Å². The Labute approximate surface area is 120 Å². The van der Waals surface area contributed by atoms with E-state index in [-0.39, 0.29) is 24.1 Å². The Balaban J connectivity index is 0.000000230. The molecule has 0 radical (unpaired) electrons. The predicted octanol–water partition coefficient (Wildman–Crippen LogP) is 1.90. The van der Waals surface area contributed by atoms with E-state index in [0.717, 1.165) is 13.0 Å². The Morgan fingerprint density at radius 3 is 2.56 bits per heavy atom. The van der Waals surface area contributed by atoms with Gasteiger partial charge in [0.25, 0.3) is 0 Å².